The summed E-state index contributed by atoms with van der Waals surface area (Å²) >= 11 is 0. The molecule has 10 heteroatoms. The number of phosphoric acid groups is 1. The van der Waals surface area contributed by atoms with Gasteiger partial charge in [0.15, 0.2) is 0 Å². The van der Waals surface area contributed by atoms with Crippen LogP contribution >= 0.6 is 7.82 Å². The molecule has 0 unspecified atom stereocenters. The van der Waals surface area contributed by atoms with Gasteiger partial charge in [-0.2, -0.15) is 0 Å². The third kappa shape index (κ3) is 71.8. The minimum atomic E-state index is -4.64. The maximum absolute atomic E-state index is 8.88. The van der Waals surface area contributed by atoms with Crippen molar-refractivity contribution < 1.29 is 50.1 Å². The predicted octanol–water partition coefficient (Wildman–Crippen LogP) is -1.55. The molecule has 0 rings (SSSR count). The Morgan fingerprint density at radius 3 is 1.00 bits per heavy atom. The van der Waals surface area contributed by atoms with E-state index in [1.807, 2.05) is 0 Å². The minimum Gasteiger partial charge on any atom is -1.00 e. The normalized spacial score (nSPS) is 5.90. The van der Waals surface area contributed by atoms with Gasteiger partial charge in [-0.05, 0) is 0 Å². The second kappa shape index (κ2) is 19.8. The molecule has 0 aromatic heterocycles. The molecule has 0 aliphatic heterocycles. The first-order valence-electron chi connectivity index (χ1n) is 0.783. The van der Waals surface area contributed by atoms with E-state index in [9.17, 15) is 0 Å². The fourth-order valence-electron chi connectivity index (χ4n) is 0. The van der Waals surface area contributed by atoms with Gasteiger partial charge >= 0.3 is 144 Å². The van der Waals surface area contributed by atoms with Crippen molar-refractivity contribution in [2.45, 2.75) is 0 Å². The summed E-state index contributed by atoms with van der Waals surface area (Å²) in [7, 11) is -4.64. The van der Waals surface area contributed by atoms with Gasteiger partial charge in [0.1, 0.15) is 0 Å². The van der Waals surface area contributed by atoms with E-state index in [1.54, 1.807) is 0 Å². The number of rotatable bonds is 0. The number of hydrogen-bond donors (Lipinski definition) is 3. The van der Waals surface area contributed by atoms with Crippen LogP contribution in [-0.2, 0) is 24.0 Å². The topological polar surface area (TPSA) is 77.8 Å². The summed E-state index contributed by atoms with van der Waals surface area (Å²) in [6.07, 6.45) is 0. The number of hydrogen-bond acceptors (Lipinski definition) is 1. The average Bonchev–Trinajstić information content (AvgIpc) is 0.722. The third-order valence-corrected chi connectivity index (χ3v) is 0. The molecule has 0 spiro atoms. The van der Waals surface area contributed by atoms with Gasteiger partial charge in [-0.3, -0.25) is 0 Å². The Balaban J connectivity index is -0.00000000103. The minimum absolute atomic E-state index is 0. The summed E-state index contributed by atoms with van der Waals surface area (Å²) in [5.74, 6) is 0. The van der Waals surface area contributed by atoms with Crippen LogP contribution in [0.1, 0.15) is 11.4 Å². The van der Waals surface area contributed by atoms with E-state index < -0.39 is 7.82 Å². The molecular formula is H11Ca3MgO4PZn. The molecule has 10 heavy (non-hydrogen) atoms. The molecule has 4 nitrogen and oxygen atoms in total. The molecule has 50 valence electrons. The summed E-state index contributed by atoms with van der Waals surface area (Å²) in [4.78, 5) is 21.6. The Morgan fingerprint density at radius 2 is 1.00 bits per heavy atom. The fourth-order valence-corrected chi connectivity index (χ4v) is 0. The van der Waals surface area contributed by atoms with E-state index in [1.165, 1.54) is 0 Å². The van der Waals surface area contributed by atoms with E-state index in [4.69, 9.17) is 19.2 Å². The van der Waals surface area contributed by atoms with Crippen molar-refractivity contribution in [1.82, 2.24) is 0 Å². The predicted molar refractivity (Wildman–Crippen MR) is 46.2 cm³/mol. The van der Waals surface area contributed by atoms with Crippen LogP contribution in [0.4, 0.5) is 0 Å². The molecule has 0 aromatic carbocycles. The molecule has 0 saturated carbocycles. The van der Waals surface area contributed by atoms with E-state index >= 15 is 0 Å². The molecule has 3 N–H and O–H groups in total. The van der Waals surface area contributed by atoms with Gasteiger partial charge in [-0.1, -0.05) is 0 Å². The fraction of sp³-hybridized carbons (Fsp3) is 0. The third-order valence-electron chi connectivity index (χ3n) is 0. The van der Waals surface area contributed by atoms with Crippen molar-refractivity contribution in [1.29, 1.82) is 0 Å². The summed E-state index contributed by atoms with van der Waals surface area (Å²) in [6.45, 7) is 0. The van der Waals surface area contributed by atoms with Gasteiger partial charge in [0, 0.05) is 19.5 Å². The molecule has 0 atom stereocenters. The monoisotopic (exact) mass is 314 g/mol. The van der Waals surface area contributed by atoms with Crippen molar-refractivity contribution in [2.75, 3.05) is 0 Å². The molecule has 0 saturated heterocycles. The molecule has 0 fully saturated rings. The van der Waals surface area contributed by atoms with Crippen molar-refractivity contribution in [3.63, 3.8) is 0 Å². The van der Waals surface area contributed by atoms with Gasteiger partial charge in [0.2, 0.25) is 0 Å². The van der Waals surface area contributed by atoms with Crippen molar-refractivity contribution >= 4 is 144 Å². The van der Waals surface area contributed by atoms with Gasteiger partial charge in [0.25, 0.3) is 0 Å². The molecule has 0 heterocycles. The standard InChI is InChI=1S/3Ca.Mg.H3O4P.Zn.8H/c;;;;1-5(2,3)4;;;;;;;;;/h;;;;(H3,1,2,3,4);;;;;;;;;/q4*+2;;;8*-1. The van der Waals surface area contributed by atoms with E-state index in [0.29, 0.717) is 0 Å². The first-order valence-corrected chi connectivity index (χ1v) is 2.35. The molecule has 0 aromatic rings. The van der Waals surface area contributed by atoms with Crippen LogP contribution in [-0.4, -0.2) is 151 Å². The van der Waals surface area contributed by atoms with E-state index in [-0.39, 0.29) is 167 Å². The summed E-state index contributed by atoms with van der Waals surface area (Å²) in [5.41, 5.74) is 0. The Bertz CT molecular complexity index is 84.5. The Kier molecular flexibility index (Phi) is 71.6. The molecule has 0 aliphatic carbocycles. The van der Waals surface area contributed by atoms with E-state index in [0.717, 1.165) is 0 Å². The summed E-state index contributed by atoms with van der Waals surface area (Å²) in [6, 6.07) is 0. The average molecular weight is 316 g/mol. The zero-order valence-corrected chi connectivity index (χ0v) is 17.6. The van der Waals surface area contributed by atoms with Crippen LogP contribution in [0.2, 0.25) is 0 Å². The van der Waals surface area contributed by atoms with Crippen LogP contribution in [0, 0.1) is 0 Å². The van der Waals surface area contributed by atoms with Crippen LogP contribution in [0.25, 0.3) is 0 Å². The van der Waals surface area contributed by atoms with Crippen molar-refractivity contribution in [3.8, 4) is 0 Å². The second-order valence-electron chi connectivity index (χ2n) is 0.513. The first-order chi connectivity index (χ1) is 2.00. The smallest absolute Gasteiger partial charge is 1.00 e. The van der Waals surface area contributed by atoms with Crippen LogP contribution in [0.15, 0.2) is 0 Å². The van der Waals surface area contributed by atoms with Crippen LogP contribution in [0.3, 0.4) is 0 Å². The summed E-state index contributed by atoms with van der Waals surface area (Å²) < 4.78 is 8.88. The van der Waals surface area contributed by atoms with Gasteiger partial charge < -0.3 is 26.1 Å². The SMILES string of the molecule is O=P(O)(O)O.[Ca+2].[Ca+2].[Ca+2].[H-].[H-].[H-].[H-].[H-].[H-].[H-].[H-].[Mg+2].[Zn]. The maximum atomic E-state index is 8.88. The Hall–Kier alpha value is 5.28. The molecule has 0 aliphatic rings. The van der Waals surface area contributed by atoms with Crippen molar-refractivity contribution in [3.05, 3.63) is 0 Å². The Labute approximate surface area is 190 Å². The largest absolute Gasteiger partial charge is 2.00 e. The first kappa shape index (κ1) is 36.2. The van der Waals surface area contributed by atoms with Gasteiger partial charge in [-0.25, -0.2) is 4.57 Å². The van der Waals surface area contributed by atoms with Crippen LogP contribution < -0.4 is 0 Å². The van der Waals surface area contributed by atoms with Gasteiger partial charge in [-0.15, -0.1) is 0 Å². The quantitative estimate of drug-likeness (QED) is 0.373. The van der Waals surface area contributed by atoms with Crippen LogP contribution in [0.5, 0.6) is 0 Å². The summed E-state index contributed by atoms with van der Waals surface area (Å²) in [5, 5.41) is 0. The van der Waals surface area contributed by atoms with Gasteiger partial charge in [0.05, 0.1) is 0 Å². The Morgan fingerprint density at radius 1 is 1.00 bits per heavy atom. The van der Waals surface area contributed by atoms with E-state index in [2.05, 4.69) is 0 Å². The molecule has 0 radical (unpaired) electrons. The van der Waals surface area contributed by atoms with Crippen molar-refractivity contribution in [2.24, 2.45) is 0 Å². The molecule has 0 amide bonds. The zero-order valence-electron chi connectivity index (χ0n) is 13.7. The molecule has 0 bridgehead atoms. The second-order valence-corrected chi connectivity index (χ2v) is 1.54. The molecular weight excluding hydrogens is 305 g/mol. The maximum Gasteiger partial charge on any atom is 2.00 e. The zero-order chi connectivity index (χ0) is 4.50.